The minimum Gasteiger partial charge on any atom is -0.497 e. The van der Waals surface area contributed by atoms with Gasteiger partial charge in [0.1, 0.15) is 5.75 Å². The number of amides is 1. The summed E-state index contributed by atoms with van der Waals surface area (Å²) in [6, 6.07) is 19.4. The molecule has 0 spiro atoms. The first-order valence-corrected chi connectivity index (χ1v) is 10.5. The van der Waals surface area contributed by atoms with Crippen LogP contribution in [0.1, 0.15) is 20.7 Å². The lowest BCUT2D eigenvalue weighted by Crippen LogP contribution is -2.11. The molecule has 31 heavy (non-hydrogen) atoms. The number of hydrogen-bond donors (Lipinski definition) is 1. The third-order valence-electron chi connectivity index (χ3n) is 4.52. The molecule has 0 aliphatic rings. The summed E-state index contributed by atoms with van der Waals surface area (Å²) in [6.45, 7) is 0. The van der Waals surface area contributed by atoms with Crippen LogP contribution in [-0.4, -0.2) is 38.8 Å². The fraction of sp³-hybridized carbons (Fsp3) is 0.167. The molecular weight excluding hydrogens is 414 g/mol. The maximum Gasteiger partial charge on any atom is 0.255 e. The maximum atomic E-state index is 12.6. The number of thioether (sulfide) groups is 1. The number of hydrogen-bond acceptors (Lipinski definition) is 6. The number of benzene rings is 3. The topological polar surface area (TPSA) is 73.9 Å². The van der Waals surface area contributed by atoms with E-state index in [4.69, 9.17) is 14.2 Å². The van der Waals surface area contributed by atoms with Crippen molar-refractivity contribution in [2.75, 3.05) is 32.4 Å². The average molecular weight is 438 g/mol. The van der Waals surface area contributed by atoms with Gasteiger partial charge in [-0.2, -0.15) is 0 Å². The molecule has 3 rings (SSSR count). The van der Waals surface area contributed by atoms with Gasteiger partial charge in [-0.15, -0.1) is 11.8 Å². The van der Waals surface area contributed by atoms with Crippen LogP contribution in [0, 0.1) is 0 Å². The van der Waals surface area contributed by atoms with Crippen LogP contribution in [0.25, 0.3) is 0 Å². The van der Waals surface area contributed by atoms with Gasteiger partial charge < -0.3 is 19.5 Å². The van der Waals surface area contributed by atoms with Crippen LogP contribution in [-0.2, 0) is 0 Å². The zero-order valence-electron chi connectivity index (χ0n) is 17.5. The number of carbonyl (C=O) groups is 2. The van der Waals surface area contributed by atoms with Crippen LogP contribution < -0.4 is 19.5 Å². The fourth-order valence-electron chi connectivity index (χ4n) is 2.85. The first kappa shape index (κ1) is 22.2. The number of carbonyl (C=O) groups excluding carboxylic acids is 2. The van der Waals surface area contributed by atoms with E-state index >= 15 is 0 Å². The Bertz CT molecular complexity index is 1070. The summed E-state index contributed by atoms with van der Waals surface area (Å²) in [5.74, 6) is 1.79. The van der Waals surface area contributed by atoms with E-state index in [-0.39, 0.29) is 17.4 Å². The lowest BCUT2D eigenvalue weighted by atomic mass is 10.1. The number of rotatable bonds is 9. The van der Waals surface area contributed by atoms with Crippen LogP contribution in [0.4, 0.5) is 5.69 Å². The molecular formula is C24H23NO5S. The number of ether oxygens (including phenoxy) is 3. The van der Waals surface area contributed by atoms with Crippen molar-refractivity contribution in [1.82, 2.24) is 0 Å². The van der Waals surface area contributed by atoms with Crippen molar-refractivity contribution in [3.63, 3.8) is 0 Å². The second-order valence-corrected chi connectivity index (χ2v) is 7.54. The van der Waals surface area contributed by atoms with Gasteiger partial charge in [-0.3, -0.25) is 9.59 Å². The second kappa shape index (κ2) is 10.5. The van der Waals surface area contributed by atoms with Crippen molar-refractivity contribution in [3.8, 4) is 17.2 Å². The number of nitrogens with one attached hydrogen (secondary N) is 1. The van der Waals surface area contributed by atoms with E-state index in [9.17, 15) is 9.59 Å². The van der Waals surface area contributed by atoms with Gasteiger partial charge in [0.2, 0.25) is 0 Å². The number of Topliss-reactive ketones (excluding diaryl/α,β-unsaturated/α-hetero) is 1. The van der Waals surface area contributed by atoms with Crippen molar-refractivity contribution in [3.05, 3.63) is 77.9 Å². The maximum absolute atomic E-state index is 12.6. The number of anilines is 1. The van der Waals surface area contributed by atoms with Gasteiger partial charge in [-0.25, -0.2) is 0 Å². The highest BCUT2D eigenvalue weighted by Crippen LogP contribution is 2.29. The van der Waals surface area contributed by atoms with E-state index in [1.807, 2.05) is 24.3 Å². The highest BCUT2D eigenvalue weighted by atomic mass is 32.2. The summed E-state index contributed by atoms with van der Waals surface area (Å²) < 4.78 is 15.6. The largest absolute Gasteiger partial charge is 0.497 e. The predicted molar refractivity (Wildman–Crippen MR) is 122 cm³/mol. The van der Waals surface area contributed by atoms with Gasteiger partial charge in [0.05, 0.1) is 27.1 Å². The quantitative estimate of drug-likeness (QED) is 0.378. The van der Waals surface area contributed by atoms with Gasteiger partial charge in [0.15, 0.2) is 17.3 Å². The Morgan fingerprint density at radius 3 is 2.19 bits per heavy atom. The Labute approximate surface area is 185 Å². The van der Waals surface area contributed by atoms with Gasteiger partial charge in [0.25, 0.3) is 5.91 Å². The van der Waals surface area contributed by atoms with Crippen molar-refractivity contribution in [2.45, 2.75) is 4.90 Å². The zero-order valence-corrected chi connectivity index (χ0v) is 18.3. The monoisotopic (exact) mass is 437 g/mol. The Kier molecular flexibility index (Phi) is 7.56. The highest BCUT2D eigenvalue weighted by molar-refractivity contribution is 8.00. The van der Waals surface area contributed by atoms with Crippen LogP contribution in [0.3, 0.4) is 0 Å². The molecule has 7 heteroatoms. The zero-order chi connectivity index (χ0) is 22.2. The van der Waals surface area contributed by atoms with Gasteiger partial charge in [-0.05, 0) is 60.7 Å². The standard InChI is InChI=1S/C24H23NO5S/c1-28-19-10-7-16(8-11-19)24(27)25-18-5-4-6-20(14-18)31-15-21(26)17-9-12-22(29-2)23(13-17)30-3/h4-14H,15H2,1-3H3,(H,25,27). The molecule has 0 radical (unpaired) electrons. The third kappa shape index (κ3) is 5.79. The Morgan fingerprint density at radius 1 is 0.806 bits per heavy atom. The van der Waals surface area contributed by atoms with Crippen molar-refractivity contribution in [2.24, 2.45) is 0 Å². The Balaban J connectivity index is 1.62. The van der Waals surface area contributed by atoms with E-state index in [0.29, 0.717) is 34.1 Å². The normalized spacial score (nSPS) is 10.3. The second-order valence-electron chi connectivity index (χ2n) is 6.49. The van der Waals surface area contributed by atoms with Gasteiger partial charge in [0, 0.05) is 21.7 Å². The van der Waals surface area contributed by atoms with Crippen molar-refractivity contribution >= 4 is 29.1 Å². The highest BCUT2D eigenvalue weighted by Gasteiger charge is 2.12. The molecule has 1 N–H and O–H groups in total. The molecule has 0 fully saturated rings. The molecule has 160 valence electrons. The number of methoxy groups -OCH3 is 3. The smallest absolute Gasteiger partial charge is 0.255 e. The molecule has 0 aliphatic heterocycles. The molecule has 1 amide bonds. The Morgan fingerprint density at radius 2 is 1.52 bits per heavy atom. The molecule has 0 aromatic heterocycles. The van der Waals surface area contributed by atoms with Gasteiger partial charge >= 0.3 is 0 Å². The minimum absolute atomic E-state index is 0.0291. The lowest BCUT2D eigenvalue weighted by Gasteiger charge is -2.10. The first-order valence-electron chi connectivity index (χ1n) is 9.47. The van der Waals surface area contributed by atoms with E-state index in [1.54, 1.807) is 56.7 Å². The summed E-state index contributed by atoms with van der Waals surface area (Å²) in [7, 11) is 4.66. The van der Waals surface area contributed by atoms with E-state index in [0.717, 1.165) is 4.90 Å². The molecule has 0 saturated carbocycles. The molecule has 0 bridgehead atoms. The van der Waals surface area contributed by atoms with E-state index in [1.165, 1.54) is 18.9 Å². The summed E-state index contributed by atoms with van der Waals surface area (Å²) in [4.78, 5) is 25.9. The molecule has 0 atom stereocenters. The van der Waals surface area contributed by atoms with Crippen LogP contribution in [0.5, 0.6) is 17.2 Å². The first-order chi connectivity index (χ1) is 15.0. The van der Waals surface area contributed by atoms with E-state index < -0.39 is 0 Å². The Hall–Kier alpha value is -3.45. The fourth-order valence-corrected chi connectivity index (χ4v) is 3.70. The van der Waals surface area contributed by atoms with Crippen LogP contribution in [0.2, 0.25) is 0 Å². The van der Waals surface area contributed by atoms with Gasteiger partial charge in [-0.1, -0.05) is 6.07 Å². The minimum atomic E-state index is -0.216. The van der Waals surface area contributed by atoms with Crippen LogP contribution in [0.15, 0.2) is 71.6 Å². The summed E-state index contributed by atoms with van der Waals surface area (Å²) in [5, 5.41) is 2.87. The summed E-state index contributed by atoms with van der Waals surface area (Å²) in [5.41, 5.74) is 1.74. The van der Waals surface area contributed by atoms with Crippen molar-refractivity contribution in [1.29, 1.82) is 0 Å². The lowest BCUT2D eigenvalue weighted by molar-refractivity contribution is 0.101. The molecule has 0 aliphatic carbocycles. The molecule has 3 aromatic carbocycles. The molecule has 6 nitrogen and oxygen atoms in total. The van der Waals surface area contributed by atoms with Crippen LogP contribution >= 0.6 is 11.8 Å². The molecule has 0 unspecified atom stereocenters. The predicted octanol–water partition coefficient (Wildman–Crippen LogP) is 4.94. The van der Waals surface area contributed by atoms with E-state index in [2.05, 4.69) is 5.32 Å². The average Bonchev–Trinajstić information content (AvgIpc) is 2.82. The molecule has 0 saturated heterocycles. The SMILES string of the molecule is COc1ccc(C(=O)Nc2cccc(SCC(=O)c3ccc(OC)c(OC)c3)c2)cc1. The third-order valence-corrected chi connectivity index (χ3v) is 5.51. The number of ketones is 1. The van der Waals surface area contributed by atoms with Crippen molar-refractivity contribution < 1.29 is 23.8 Å². The summed E-state index contributed by atoms with van der Waals surface area (Å²) in [6.07, 6.45) is 0. The molecule has 3 aromatic rings. The summed E-state index contributed by atoms with van der Waals surface area (Å²) >= 11 is 1.40. The molecule has 0 heterocycles.